The molecule has 1 aromatic heterocycles. The van der Waals surface area contributed by atoms with E-state index in [1.807, 2.05) is 60.8 Å². The molecule has 32 heavy (non-hydrogen) atoms. The van der Waals surface area contributed by atoms with Crippen molar-refractivity contribution in [2.75, 3.05) is 18.5 Å². The molecule has 0 bridgehead atoms. The molecule has 2 N–H and O–H groups in total. The molecule has 8 heteroatoms. The van der Waals surface area contributed by atoms with Crippen molar-refractivity contribution in [3.8, 4) is 0 Å². The molecular formula is C24H22ClN5OS. The molecule has 1 unspecified atom stereocenters. The van der Waals surface area contributed by atoms with Gasteiger partial charge in [0, 0.05) is 42.1 Å². The number of likely N-dealkylation sites (N-methyl/N-ethyl adjacent to an activating group) is 1. The SMILES string of the molecule is CN1C(=O)C(NC(=S)NCCc2cccnc2)N=C(c2ccccc2)c2cc(Cl)ccc21. The van der Waals surface area contributed by atoms with E-state index in [1.165, 1.54) is 0 Å². The Morgan fingerprint density at radius 3 is 2.72 bits per heavy atom. The number of hydrogen-bond donors (Lipinski definition) is 2. The van der Waals surface area contributed by atoms with Crippen LogP contribution in [0.1, 0.15) is 16.7 Å². The van der Waals surface area contributed by atoms with Crippen LogP contribution in [-0.4, -0.2) is 41.5 Å². The Hall–Kier alpha value is -3.29. The highest BCUT2D eigenvalue weighted by molar-refractivity contribution is 7.80. The van der Waals surface area contributed by atoms with E-state index in [2.05, 4.69) is 15.6 Å². The van der Waals surface area contributed by atoms with E-state index in [0.717, 1.165) is 28.8 Å². The summed E-state index contributed by atoms with van der Waals surface area (Å²) in [6.07, 6.45) is 3.45. The summed E-state index contributed by atoms with van der Waals surface area (Å²) < 4.78 is 0. The van der Waals surface area contributed by atoms with Crippen LogP contribution in [0.25, 0.3) is 0 Å². The molecule has 4 rings (SSSR count). The van der Waals surface area contributed by atoms with Crippen LogP contribution in [0.15, 0.2) is 78.0 Å². The first-order valence-electron chi connectivity index (χ1n) is 10.2. The lowest BCUT2D eigenvalue weighted by molar-refractivity contribution is -0.119. The summed E-state index contributed by atoms with van der Waals surface area (Å²) in [7, 11) is 1.73. The summed E-state index contributed by atoms with van der Waals surface area (Å²) in [6.45, 7) is 0.610. The Bertz CT molecular complexity index is 1150. The van der Waals surface area contributed by atoms with Crippen LogP contribution in [-0.2, 0) is 11.2 Å². The minimum absolute atomic E-state index is 0.212. The monoisotopic (exact) mass is 463 g/mol. The van der Waals surface area contributed by atoms with E-state index < -0.39 is 6.17 Å². The van der Waals surface area contributed by atoms with Crippen LogP contribution in [0, 0.1) is 0 Å². The number of nitrogens with zero attached hydrogens (tertiary/aromatic N) is 3. The molecular weight excluding hydrogens is 442 g/mol. The Labute approximate surface area is 197 Å². The lowest BCUT2D eigenvalue weighted by atomic mass is 10.0. The van der Waals surface area contributed by atoms with Gasteiger partial charge < -0.3 is 15.5 Å². The first-order chi connectivity index (χ1) is 15.5. The fraction of sp³-hybridized carbons (Fsp3) is 0.167. The van der Waals surface area contributed by atoms with Crippen LogP contribution in [0.3, 0.4) is 0 Å². The molecule has 2 aromatic carbocycles. The van der Waals surface area contributed by atoms with Crippen LogP contribution < -0.4 is 15.5 Å². The summed E-state index contributed by atoms with van der Waals surface area (Å²) in [5.41, 5.74) is 4.20. The van der Waals surface area contributed by atoms with Gasteiger partial charge in [-0.3, -0.25) is 9.78 Å². The Balaban J connectivity index is 1.58. The van der Waals surface area contributed by atoms with Crippen molar-refractivity contribution in [2.24, 2.45) is 4.99 Å². The van der Waals surface area contributed by atoms with Crippen molar-refractivity contribution < 1.29 is 4.79 Å². The van der Waals surface area contributed by atoms with Gasteiger partial charge in [0.25, 0.3) is 5.91 Å². The van der Waals surface area contributed by atoms with Crippen LogP contribution in [0.2, 0.25) is 5.02 Å². The average molecular weight is 464 g/mol. The lowest BCUT2D eigenvalue weighted by Gasteiger charge is -2.22. The molecule has 1 atom stereocenters. The van der Waals surface area contributed by atoms with E-state index >= 15 is 0 Å². The van der Waals surface area contributed by atoms with E-state index in [1.54, 1.807) is 24.2 Å². The number of thiocarbonyl (C=S) groups is 1. The van der Waals surface area contributed by atoms with Crippen molar-refractivity contribution in [1.29, 1.82) is 0 Å². The quantitative estimate of drug-likeness (QED) is 0.566. The second kappa shape index (κ2) is 9.89. The van der Waals surface area contributed by atoms with Crippen LogP contribution in [0.4, 0.5) is 5.69 Å². The van der Waals surface area contributed by atoms with Gasteiger partial charge in [-0.15, -0.1) is 0 Å². The number of amides is 1. The van der Waals surface area contributed by atoms with Gasteiger partial charge in [0.05, 0.1) is 11.4 Å². The zero-order valence-electron chi connectivity index (χ0n) is 17.5. The maximum Gasteiger partial charge on any atom is 0.272 e. The summed E-state index contributed by atoms with van der Waals surface area (Å²) in [4.78, 5) is 23.7. The standard InChI is InChI=1S/C24H22ClN5OS/c1-30-20-10-9-18(25)14-19(20)21(17-7-3-2-4-8-17)28-22(23(30)31)29-24(32)27-13-11-16-6-5-12-26-15-16/h2-10,12,14-15,22H,11,13H2,1H3,(H2,27,29,32). The largest absolute Gasteiger partial charge is 0.362 e. The first-order valence-corrected chi connectivity index (χ1v) is 11.0. The van der Waals surface area contributed by atoms with E-state index in [9.17, 15) is 4.79 Å². The zero-order valence-corrected chi connectivity index (χ0v) is 19.0. The van der Waals surface area contributed by atoms with Gasteiger partial charge in [0.15, 0.2) is 5.11 Å². The fourth-order valence-electron chi connectivity index (χ4n) is 3.51. The predicted octanol–water partition coefficient (Wildman–Crippen LogP) is 3.58. The summed E-state index contributed by atoms with van der Waals surface area (Å²) in [6, 6.07) is 19.1. The van der Waals surface area contributed by atoms with Crippen molar-refractivity contribution >= 4 is 46.2 Å². The summed E-state index contributed by atoms with van der Waals surface area (Å²) in [5, 5.41) is 7.16. The number of aliphatic imine (C=N–C) groups is 1. The lowest BCUT2D eigenvalue weighted by Crippen LogP contribution is -2.49. The van der Waals surface area contributed by atoms with Crippen molar-refractivity contribution in [3.63, 3.8) is 0 Å². The topological polar surface area (TPSA) is 69.6 Å². The summed E-state index contributed by atoms with van der Waals surface area (Å²) in [5.74, 6) is -0.212. The molecule has 3 aromatic rings. The molecule has 0 aliphatic carbocycles. The highest BCUT2D eigenvalue weighted by Gasteiger charge is 2.30. The number of fused-ring (bicyclic) bond motifs is 1. The maximum atomic E-state index is 13.2. The number of hydrogen-bond acceptors (Lipinski definition) is 4. The van der Waals surface area contributed by atoms with Crippen molar-refractivity contribution in [3.05, 3.63) is 94.8 Å². The molecule has 0 spiro atoms. The number of anilines is 1. The van der Waals surface area contributed by atoms with E-state index in [-0.39, 0.29) is 5.91 Å². The average Bonchev–Trinajstić information content (AvgIpc) is 2.91. The smallest absolute Gasteiger partial charge is 0.272 e. The number of benzene rings is 2. The van der Waals surface area contributed by atoms with E-state index in [0.29, 0.717) is 22.4 Å². The molecule has 0 radical (unpaired) electrons. The van der Waals surface area contributed by atoms with Crippen LogP contribution >= 0.6 is 23.8 Å². The predicted molar refractivity (Wildman–Crippen MR) is 132 cm³/mol. The molecule has 0 fully saturated rings. The number of benzodiazepines with no additional fused rings is 1. The van der Waals surface area contributed by atoms with Gasteiger partial charge in [-0.1, -0.05) is 48.0 Å². The third-order valence-electron chi connectivity index (χ3n) is 5.13. The molecule has 1 aliphatic heterocycles. The van der Waals surface area contributed by atoms with Crippen molar-refractivity contribution in [1.82, 2.24) is 15.6 Å². The molecule has 2 heterocycles. The number of halogens is 1. The maximum absolute atomic E-state index is 13.2. The highest BCUT2D eigenvalue weighted by atomic mass is 35.5. The van der Waals surface area contributed by atoms with E-state index in [4.69, 9.17) is 28.8 Å². The Morgan fingerprint density at radius 1 is 1.16 bits per heavy atom. The van der Waals surface area contributed by atoms with Crippen LogP contribution in [0.5, 0.6) is 0 Å². The second-order valence-corrected chi connectivity index (χ2v) is 8.16. The van der Waals surface area contributed by atoms with Gasteiger partial charge in [0.1, 0.15) is 0 Å². The molecule has 1 amide bonds. The molecule has 1 aliphatic rings. The minimum atomic E-state index is -0.875. The first kappa shape index (κ1) is 21.9. The van der Waals surface area contributed by atoms with Crippen molar-refractivity contribution in [2.45, 2.75) is 12.6 Å². The highest BCUT2D eigenvalue weighted by Crippen LogP contribution is 2.29. The van der Waals surface area contributed by atoms with Gasteiger partial charge in [-0.25, -0.2) is 4.99 Å². The number of carbonyl (C=O) groups is 1. The minimum Gasteiger partial charge on any atom is -0.362 e. The van der Waals surface area contributed by atoms with Gasteiger partial charge in [-0.05, 0) is 48.5 Å². The third-order valence-corrected chi connectivity index (χ3v) is 5.63. The number of carbonyl (C=O) groups excluding carboxylic acids is 1. The molecule has 6 nitrogen and oxygen atoms in total. The second-order valence-electron chi connectivity index (χ2n) is 7.32. The number of rotatable bonds is 5. The molecule has 0 saturated carbocycles. The number of nitrogens with one attached hydrogen (secondary N) is 2. The Kier molecular flexibility index (Phi) is 6.78. The Morgan fingerprint density at radius 2 is 1.97 bits per heavy atom. The molecule has 162 valence electrons. The fourth-order valence-corrected chi connectivity index (χ4v) is 3.89. The van der Waals surface area contributed by atoms with Gasteiger partial charge >= 0.3 is 0 Å². The van der Waals surface area contributed by atoms with Gasteiger partial charge in [0.2, 0.25) is 6.17 Å². The zero-order chi connectivity index (χ0) is 22.5. The normalized spacial score (nSPS) is 15.4. The molecule has 0 saturated heterocycles. The van der Waals surface area contributed by atoms with Gasteiger partial charge in [-0.2, -0.15) is 0 Å². The number of aromatic nitrogens is 1. The summed E-state index contributed by atoms with van der Waals surface area (Å²) >= 11 is 11.7. The third kappa shape index (κ3) is 4.95. The number of pyridine rings is 1.